The van der Waals surface area contributed by atoms with Gasteiger partial charge in [0.2, 0.25) is 10.0 Å². The Bertz CT molecular complexity index is 1100. The van der Waals surface area contributed by atoms with Crippen molar-refractivity contribution < 1.29 is 13.2 Å². The highest BCUT2D eigenvalue weighted by Crippen LogP contribution is 2.28. The van der Waals surface area contributed by atoms with Gasteiger partial charge in [-0.3, -0.25) is 9.10 Å². The second-order valence-corrected chi connectivity index (χ2v) is 10.2. The maximum Gasteiger partial charge on any atom is 0.252 e. The first kappa shape index (κ1) is 19.9. The lowest BCUT2D eigenvalue weighted by Gasteiger charge is -2.19. The predicted molar refractivity (Wildman–Crippen MR) is 117 cm³/mol. The number of anilines is 1. The van der Waals surface area contributed by atoms with Gasteiger partial charge in [-0.15, -0.1) is 11.3 Å². The number of hydrogen-bond donors (Lipinski definition) is 1. The fourth-order valence-electron chi connectivity index (χ4n) is 3.35. The molecule has 0 saturated carbocycles. The number of amides is 1. The number of carbonyl (C=O) groups excluding carboxylic acids is 1. The molecule has 1 amide bonds. The minimum Gasteiger partial charge on any atom is -0.340 e. The summed E-state index contributed by atoms with van der Waals surface area (Å²) >= 11 is 7.57. The van der Waals surface area contributed by atoms with Gasteiger partial charge < -0.3 is 5.32 Å². The summed E-state index contributed by atoms with van der Waals surface area (Å²) in [5.74, 6) is -0.0621. The second-order valence-electron chi connectivity index (χ2n) is 6.76. The molecule has 1 aliphatic heterocycles. The van der Waals surface area contributed by atoms with E-state index in [-0.39, 0.29) is 17.7 Å². The van der Waals surface area contributed by atoms with Crippen molar-refractivity contribution in [1.29, 1.82) is 0 Å². The molecule has 2 aromatic carbocycles. The van der Waals surface area contributed by atoms with Crippen LogP contribution in [0.4, 0.5) is 5.69 Å². The van der Waals surface area contributed by atoms with Gasteiger partial charge in [-0.25, -0.2) is 8.42 Å². The molecule has 0 bridgehead atoms. The van der Waals surface area contributed by atoms with Crippen LogP contribution < -0.4 is 9.62 Å². The highest BCUT2D eigenvalue weighted by Gasteiger charge is 2.28. The average molecular weight is 447 g/mol. The maximum atomic E-state index is 12.9. The van der Waals surface area contributed by atoms with Crippen LogP contribution >= 0.6 is 22.9 Å². The predicted octanol–water partition coefficient (Wildman–Crippen LogP) is 4.46. The van der Waals surface area contributed by atoms with E-state index < -0.39 is 10.0 Å². The number of benzene rings is 2. The molecule has 1 N–H and O–H groups in total. The fraction of sp³-hybridized carbons (Fsp3) is 0.190. The Morgan fingerprint density at radius 3 is 2.38 bits per heavy atom. The molecule has 0 radical (unpaired) electrons. The van der Waals surface area contributed by atoms with Crippen LogP contribution in [0.25, 0.3) is 0 Å². The summed E-state index contributed by atoms with van der Waals surface area (Å²) in [6, 6.07) is 17.7. The summed E-state index contributed by atoms with van der Waals surface area (Å²) in [6.45, 7) is 0.477. The number of carbonyl (C=O) groups is 1. The average Bonchev–Trinajstić information content (AvgIpc) is 3.36. The van der Waals surface area contributed by atoms with E-state index >= 15 is 0 Å². The van der Waals surface area contributed by atoms with Gasteiger partial charge in [0, 0.05) is 22.0 Å². The summed E-state index contributed by atoms with van der Waals surface area (Å²) in [7, 11) is -3.24. The first-order chi connectivity index (χ1) is 13.9. The third kappa shape index (κ3) is 4.32. The van der Waals surface area contributed by atoms with Gasteiger partial charge in [0.1, 0.15) is 0 Å². The van der Waals surface area contributed by atoms with Gasteiger partial charge in [-0.05, 0) is 59.8 Å². The molecule has 0 spiro atoms. The summed E-state index contributed by atoms with van der Waals surface area (Å²) in [5, 5.41) is 5.68. The zero-order valence-corrected chi connectivity index (χ0v) is 17.8. The van der Waals surface area contributed by atoms with Crippen LogP contribution in [-0.4, -0.2) is 26.6 Å². The molecule has 1 unspecified atom stereocenters. The van der Waals surface area contributed by atoms with Crippen LogP contribution in [0.15, 0.2) is 66.0 Å². The lowest BCUT2D eigenvalue weighted by molar-refractivity contribution is 0.0943. The normalized spacial score (nSPS) is 16.5. The van der Waals surface area contributed by atoms with Gasteiger partial charge in [-0.2, -0.15) is 0 Å². The summed E-state index contributed by atoms with van der Waals surface area (Å²) in [5.41, 5.74) is 2.00. The summed E-state index contributed by atoms with van der Waals surface area (Å²) < 4.78 is 25.6. The second kappa shape index (κ2) is 8.18. The van der Waals surface area contributed by atoms with E-state index in [1.165, 1.54) is 4.31 Å². The van der Waals surface area contributed by atoms with E-state index in [0.29, 0.717) is 29.2 Å². The monoisotopic (exact) mass is 446 g/mol. The van der Waals surface area contributed by atoms with Crippen LogP contribution in [-0.2, 0) is 10.0 Å². The molecule has 1 atom stereocenters. The Hall–Kier alpha value is -2.35. The quantitative estimate of drug-likeness (QED) is 0.629. The van der Waals surface area contributed by atoms with Crippen molar-refractivity contribution in [3.8, 4) is 0 Å². The van der Waals surface area contributed by atoms with E-state index in [1.807, 2.05) is 29.6 Å². The number of sulfonamides is 1. The lowest BCUT2D eigenvalue weighted by Crippen LogP contribution is -2.29. The molecular weight excluding hydrogens is 428 g/mol. The molecule has 29 heavy (non-hydrogen) atoms. The highest BCUT2D eigenvalue weighted by molar-refractivity contribution is 7.93. The van der Waals surface area contributed by atoms with Crippen LogP contribution in [0, 0.1) is 0 Å². The Morgan fingerprint density at radius 1 is 1.07 bits per heavy atom. The minimum absolute atomic E-state index is 0.165. The zero-order valence-electron chi connectivity index (χ0n) is 15.4. The van der Waals surface area contributed by atoms with Crippen LogP contribution in [0.2, 0.25) is 5.02 Å². The van der Waals surface area contributed by atoms with Crippen LogP contribution in [0.1, 0.15) is 33.3 Å². The fourth-order valence-corrected chi connectivity index (χ4v) is 5.85. The molecule has 2 heterocycles. The summed E-state index contributed by atoms with van der Waals surface area (Å²) in [4.78, 5) is 13.9. The first-order valence-electron chi connectivity index (χ1n) is 9.14. The van der Waals surface area contributed by atoms with Crippen molar-refractivity contribution in [3.05, 3.63) is 87.1 Å². The van der Waals surface area contributed by atoms with E-state index in [0.717, 1.165) is 10.4 Å². The third-order valence-electron chi connectivity index (χ3n) is 4.82. The Morgan fingerprint density at radius 2 is 1.79 bits per heavy atom. The molecule has 3 aromatic rings. The van der Waals surface area contributed by atoms with Crippen molar-refractivity contribution in [2.45, 2.75) is 12.5 Å². The lowest BCUT2D eigenvalue weighted by atomic mass is 10.0. The molecule has 1 fully saturated rings. The number of nitrogens with one attached hydrogen (secondary N) is 1. The van der Waals surface area contributed by atoms with Gasteiger partial charge in [-0.1, -0.05) is 29.8 Å². The van der Waals surface area contributed by atoms with Crippen molar-refractivity contribution in [1.82, 2.24) is 5.32 Å². The molecule has 0 aliphatic carbocycles. The topological polar surface area (TPSA) is 66.5 Å². The molecule has 5 nitrogen and oxygen atoms in total. The van der Waals surface area contributed by atoms with E-state index in [1.54, 1.807) is 47.7 Å². The molecule has 1 saturated heterocycles. The van der Waals surface area contributed by atoms with Gasteiger partial charge in [0.05, 0.1) is 17.5 Å². The molecule has 1 aliphatic rings. The Labute approximate surface area is 179 Å². The van der Waals surface area contributed by atoms with Crippen molar-refractivity contribution in [2.75, 3.05) is 16.6 Å². The Kier molecular flexibility index (Phi) is 5.63. The largest absolute Gasteiger partial charge is 0.340 e. The summed E-state index contributed by atoms with van der Waals surface area (Å²) in [6.07, 6.45) is 0.619. The van der Waals surface area contributed by atoms with Gasteiger partial charge in [0.25, 0.3) is 5.91 Å². The van der Waals surface area contributed by atoms with Gasteiger partial charge >= 0.3 is 0 Å². The molecule has 4 rings (SSSR count). The maximum absolute atomic E-state index is 12.9. The van der Waals surface area contributed by atoms with Crippen LogP contribution in [0.5, 0.6) is 0 Å². The van der Waals surface area contributed by atoms with Crippen LogP contribution in [0.3, 0.4) is 0 Å². The third-order valence-corrected chi connectivity index (χ3v) is 7.88. The highest BCUT2D eigenvalue weighted by atomic mass is 35.5. The SMILES string of the molecule is O=C(NC(c1ccc(Cl)cc1)c1cccs1)c1ccc(N2CCCS2(=O)=O)cc1. The molecule has 150 valence electrons. The standard InChI is InChI=1S/C21H19ClN2O3S2/c22-17-8-4-15(5-9-17)20(19-3-1-13-28-19)23-21(25)16-6-10-18(11-7-16)24-12-2-14-29(24,26)27/h1,3-11,13,20H,2,12,14H2,(H,23,25). The number of nitrogens with zero attached hydrogens (tertiary/aromatic N) is 1. The molecule has 8 heteroatoms. The molecular formula is C21H19ClN2O3S2. The molecule has 1 aromatic heterocycles. The van der Waals surface area contributed by atoms with Gasteiger partial charge in [0.15, 0.2) is 0 Å². The number of thiophene rings is 1. The first-order valence-corrected chi connectivity index (χ1v) is 12.0. The van der Waals surface area contributed by atoms with Crippen molar-refractivity contribution in [3.63, 3.8) is 0 Å². The zero-order chi connectivity index (χ0) is 20.4. The number of halogens is 1. The number of hydrogen-bond acceptors (Lipinski definition) is 4. The Balaban J connectivity index is 1.56. The van der Waals surface area contributed by atoms with Crippen molar-refractivity contribution >= 4 is 44.6 Å². The minimum atomic E-state index is -3.24. The number of rotatable bonds is 5. The van der Waals surface area contributed by atoms with E-state index in [4.69, 9.17) is 11.6 Å². The van der Waals surface area contributed by atoms with Crippen molar-refractivity contribution in [2.24, 2.45) is 0 Å². The smallest absolute Gasteiger partial charge is 0.252 e. The van der Waals surface area contributed by atoms with E-state index in [2.05, 4.69) is 5.32 Å². The van der Waals surface area contributed by atoms with E-state index in [9.17, 15) is 13.2 Å².